The molecule has 0 spiro atoms. The van der Waals surface area contributed by atoms with Gasteiger partial charge in [0.15, 0.2) is 12.4 Å². The van der Waals surface area contributed by atoms with Crippen molar-refractivity contribution in [3.05, 3.63) is 54.9 Å². The Labute approximate surface area is 95.0 Å². The molecule has 0 aliphatic heterocycles. The van der Waals surface area contributed by atoms with Crippen molar-refractivity contribution in [1.82, 2.24) is 0 Å². The third-order valence-corrected chi connectivity index (χ3v) is 3.30. The number of benzene rings is 1. The van der Waals surface area contributed by atoms with Crippen molar-refractivity contribution in [2.45, 2.75) is 0 Å². The molecule has 0 saturated heterocycles. The summed E-state index contributed by atoms with van der Waals surface area (Å²) >= 11 is 0. The zero-order valence-corrected chi connectivity index (χ0v) is 9.68. The molecule has 0 amide bonds. The fourth-order valence-electron chi connectivity index (χ4n) is 1.46. The minimum atomic E-state index is -3.19. The molecule has 0 fully saturated rings. The fraction of sp³-hybridized carbons (Fsp3) is 0.0833. The van der Waals surface area contributed by atoms with Crippen LogP contribution in [-0.4, -0.2) is 14.7 Å². The normalized spacial score (nSPS) is 11.3. The fourth-order valence-corrected chi connectivity index (χ4v) is 2.02. The van der Waals surface area contributed by atoms with Crippen LogP contribution in [0.2, 0.25) is 0 Å². The highest BCUT2D eigenvalue weighted by atomic mass is 32.2. The van der Waals surface area contributed by atoms with Crippen molar-refractivity contribution in [2.24, 2.45) is 0 Å². The zero-order chi connectivity index (χ0) is 11.6. The first-order valence-electron chi connectivity index (χ1n) is 4.85. The summed E-state index contributed by atoms with van der Waals surface area (Å²) in [7, 11) is -3.19. The molecule has 0 atom stereocenters. The lowest BCUT2D eigenvalue weighted by atomic mass is 10.1. The van der Waals surface area contributed by atoms with Crippen molar-refractivity contribution in [2.75, 3.05) is 6.26 Å². The van der Waals surface area contributed by atoms with Gasteiger partial charge in [0.05, 0.1) is 6.26 Å². The first-order chi connectivity index (χ1) is 7.57. The molecule has 1 aromatic heterocycles. The summed E-state index contributed by atoms with van der Waals surface area (Å²) in [5.41, 5.74) is 2.07. The smallest absolute Gasteiger partial charge is 0.163 e. The van der Waals surface area contributed by atoms with Crippen LogP contribution in [0, 0.1) is 0 Å². The average Bonchev–Trinajstić information content (AvgIpc) is 2.29. The highest BCUT2D eigenvalue weighted by molar-refractivity contribution is 7.84. The van der Waals surface area contributed by atoms with E-state index in [1.807, 2.05) is 30.3 Å². The van der Waals surface area contributed by atoms with Crippen LogP contribution in [0.15, 0.2) is 54.9 Å². The summed E-state index contributed by atoms with van der Waals surface area (Å²) in [6.45, 7) is 0. The molecule has 3 nitrogen and oxygen atoms in total. The van der Waals surface area contributed by atoms with Crippen molar-refractivity contribution in [1.29, 1.82) is 0 Å². The van der Waals surface area contributed by atoms with Gasteiger partial charge in [-0.1, -0.05) is 34.3 Å². The topological polar surface area (TPSA) is 38.0 Å². The molecular formula is C12H12NO2S+. The van der Waals surface area contributed by atoms with Crippen LogP contribution < -0.4 is 3.97 Å². The highest BCUT2D eigenvalue weighted by Crippen LogP contribution is 2.16. The van der Waals surface area contributed by atoms with Crippen LogP contribution in [0.5, 0.6) is 0 Å². The van der Waals surface area contributed by atoms with Gasteiger partial charge in [0.2, 0.25) is 0 Å². The molecule has 16 heavy (non-hydrogen) atoms. The molecule has 4 heteroatoms. The number of aromatic nitrogens is 1. The van der Waals surface area contributed by atoms with E-state index < -0.39 is 10.0 Å². The summed E-state index contributed by atoms with van der Waals surface area (Å²) in [6.07, 6.45) is 4.28. The van der Waals surface area contributed by atoms with Crippen LogP contribution >= 0.6 is 0 Å². The van der Waals surface area contributed by atoms with Crippen LogP contribution in [0.4, 0.5) is 0 Å². The Morgan fingerprint density at radius 3 is 1.88 bits per heavy atom. The first kappa shape index (κ1) is 10.8. The van der Waals surface area contributed by atoms with E-state index in [1.54, 1.807) is 24.5 Å². The molecule has 0 saturated carbocycles. The molecule has 0 aliphatic carbocycles. The Bertz CT molecular complexity index is 574. The van der Waals surface area contributed by atoms with Crippen molar-refractivity contribution in [3.8, 4) is 11.1 Å². The maximum atomic E-state index is 11.2. The van der Waals surface area contributed by atoms with Gasteiger partial charge in [-0.25, -0.2) is 0 Å². The lowest BCUT2D eigenvalue weighted by Gasteiger charge is -1.99. The van der Waals surface area contributed by atoms with Gasteiger partial charge in [-0.05, 0) is 11.1 Å². The molecule has 0 unspecified atom stereocenters. The van der Waals surface area contributed by atoms with Crippen LogP contribution in [0.1, 0.15) is 0 Å². The maximum Gasteiger partial charge on any atom is 0.366 e. The van der Waals surface area contributed by atoms with Gasteiger partial charge in [-0.3, -0.25) is 0 Å². The van der Waals surface area contributed by atoms with Gasteiger partial charge in [-0.2, -0.15) is 8.42 Å². The third kappa shape index (κ3) is 2.28. The quantitative estimate of drug-likeness (QED) is 0.738. The standard InChI is InChI=1S/C12H12NO2S/c1-16(14,15)13-9-7-12(8-10-13)11-5-3-2-4-6-11/h2-10H,1H3/q+1. The average molecular weight is 234 g/mol. The molecular weight excluding hydrogens is 222 g/mol. The highest BCUT2D eigenvalue weighted by Gasteiger charge is 2.13. The maximum absolute atomic E-state index is 11.2. The Hall–Kier alpha value is -1.68. The summed E-state index contributed by atoms with van der Waals surface area (Å²) in [5, 5.41) is 0. The summed E-state index contributed by atoms with van der Waals surface area (Å²) in [5.74, 6) is 0. The number of nitrogens with zero attached hydrogens (tertiary/aromatic N) is 1. The van der Waals surface area contributed by atoms with Gasteiger partial charge in [0, 0.05) is 12.1 Å². The van der Waals surface area contributed by atoms with E-state index in [0.29, 0.717) is 0 Å². The number of hydrogen-bond donors (Lipinski definition) is 0. The summed E-state index contributed by atoms with van der Waals surface area (Å²) in [4.78, 5) is 0. The number of hydrogen-bond acceptors (Lipinski definition) is 2. The van der Waals surface area contributed by atoms with Crippen molar-refractivity contribution < 1.29 is 12.4 Å². The van der Waals surface area contributed by atoms with Gasteiger partial charge in [0.25, 0.3) is 0 Å². The second kappa shape index (κ2) is 4.06. The molecule has 0 bridgehead atoms. The number of pyridine rings is 1. The zero-order valence-electron chi connectivity index (χ0n) is 8.87. The number of rotatable bonds is 2. The molecule has 0 N–H and O–H groups in total. The lowest BCUT2D eigenvalue weighted by molar-refractivity contribution is -0.510. The Kier molecular flexibility index (Phi) is 2.75. The molecule has 1 heterocycles. The second-order valence-electron chi connectivity index (χ2n) is 3.55. The van der Waals surface area contributed by atoms with E-state index in [2.05, 4.69) is 0 Å². The Morgan fingerprint density at radius 1 is 0.875 bits per heavy atom. The van der Waals surface area contributed by atoms with E-state index in [1.165, 1.54) is 10.2 Å². The molecule has 2 rings (SSSR count). The van der Waals surface area contributed by atoms with E-state index in [9.17, 15) is 8.42 Å². The summed E-state index contributed by atoms with van der Waals surface area (Å²) < 4.78 is 23.7. The van der Waals surface area contributed by atoms with Gasteiger partial charge in [0.1, 0.15) is 0 Å². The molecule has 1 aromatic carbocycles. The lowest BCUT2D eigenvalue weighted by Crippen LogP contribution is -2.40. The van der Waals surface area contributed by atoms with Gasteiger partial charge >= 0.3 is 10.0 Å². The van der Waals surface area contributed by atoms with E-state index in [0.717, 1.165) is 11.1 Å². The minimum absolute atomic E-state index is 1.00. The van der Waals surface area contributed by atoms with Crippen LogP contribution in [0.25, 0.3) is 11.1 Å². The predicted octanol–water partition coefficient (Wildman–Crippen LogP) is 1.45. The Morgan fingerprint density at radius 2 is 1.38 bits per heavy atom. The van der Waals surface area contributed by atoms with Crippen molar-refractivity contribution in [3.63, 3.8) is 0 Å². The van der Waals surface area contributed by atoms with Gasteiger partial charge in [-0.15, -0.1) is 0 Å². The second-order valence-corrected chi connectivity index (χ2v) is 5.43. The monoisotopic (exact) mass is 234 g/mol. The largest absolute Gasteiger partial charge is 0.366 e. The summed E-state index contributed by atoms with van der Waals surface area (Å²) in [6, 6.07) is 13.4. The SMILES string of the molecule is CS(=O)(=O)[n+]1ccc(-c2ccccc2)cc1. The molecule has 2 aromatic rings. The van der Waals surface area contributed by atoms with Crippen LogP contribution in [0.3, 0.4) is 0 Å². The molecule has 82 valence electrons. The van der Waals surface area contributed by atoms with E-state index >= 15 is 0 Å². The predicted molar refractivity (Wildman–Crippen MR) is 62.3 cm³/mol. The van der Waals surface area contributed by atoms with Crippen molar-refractivity contribution >= 4 is 10.0 Å². The minimum Gasteiger partial charge on any atom is -0.163 e. The molecule has 0 radical (unpaired) electrons. The van der Waals surface area contributed by atoms with E-state index in [4.69, 9.17) is 0 Å². The molecule has 0 aliphatic rings. The van der Waals surface area contributed by atoms with Gasteiger partial charge < -0.3 is 0 Å². The Balaban J connectivity index is 2.41. The first-order valence-corrected chi connectivity index (χ1v) is 6.69. The third-order valence-electron chi connectivity index (χ3n) is 2.29. The van der Waals surface area contributed by atoms with Crippen LogP contribution in [-0.2, 0) is 10.0 Å². The van der Waals surface area contributed by atoms with E-state index in [-0.39, 0.29) is 0 Å².